The Balaban J connectivity index is 1.62. The number of carbonyl (C=O) groups is 1. The quantitative estimate of drug-likeness (QED) is 0.250. The van der Waals surface area contributed by atoms with Crippen molar-refractivity contribution in [2.45, 2.75) is 12.8 Å². The fourth-order valence-corrected chi connectivity index (χ4v) is 3.39. The lowest BCUT2D eigenvalue weighted by molar-refractivity contribution is -0.137. The van der Waals surface area contributed by atoms with Crippen LogP contribution in [0.1, 0.15) is 32.6 Å². The van der Waals surface area contributed by atoms with Crippen molar-refractivity contribution in [1.82, 2.24) is 5.43 Å². The molecule has 3 aromatic rings. The maximum Gasteiger partial charge on any atom is 0.416 e. The van der Waals surface area contributed by atoms with Gasteiger partial charge in [0.15, 0.2) is 0 Å². The molecule has 0 fully saturated rings. The normalized spacial score (nSPS) is 11.2. The molecule has 162 valence electrons. The standard InChI is InChI=1S/C23H15F3IN3O2/c24-23(25,26)19-7-3-6-16(11-19)22(31)30-29-13-15-8-9-21(20(27)10-15)32-14-18-5-2-1-4-17(18)12-28/h1-11,13H,14H2,(H,30,31)/b29-13-. The smallest absolute Gasteiger partial charge is 0.416 e. The lowest BCUT2D eigenvalue weighted by atomic mass is 10.1. The van der Waals surface area contributed by atoms with E-state index in [1.165, 1.54) is 12.3 Å². The minimum Gasteiger partial charge on any atom is -0.488 e. The Morgan fingerprint density at radius 1 is 1.12 bits per heavy atom. The molecular formula is C23H15F3IN3O2. The average molecular weight is 549 g/mol. The summed E-state index contributed by atoms with van der Waals surface area (Å²) in [7, 11) is 0. The second-order valence-corrected chi connectivity index (χ2v) is 7.69. The summed E-state index contributed by atoms with van der Waals surface area (Å²) in [5.74, 6) is -0.137. The Morgan fingerprint density at radius 2 is 1.91 bits per heavy atom. The first-order valence-corrected chi connectivity index (χ1v) is 10.3. The summed E-state index contributed by atoms with van der Waals surface area (Å²) >= 11 is 2.09. The highest BCUT2D eigenvalue weighted by Gasteiger charge is 2.30. The number of nitriles is 1. The van der Waals surface area contributed by atoms with Gasteiger partial charge in [-0.05, 0) is 70.6 Å². The lowest BCUT2D eigenvalue weighted by Gasteiger charge is -2.10. The minimum atomic E-state index is -4.53. The molecule has 0 aromatic heterocycles. The van der Waals surface area contributed by atoms with Crippen molar-refractivity contribution in [2.75, 3.05) is 0 Å². The number of amides is 1. The zero-order chi connectivity index (χ0) is 23.1. The SMILES string of the molecule is N#Cc1ccccc1COc1ccc(/C=N\NC(=O)c2cccc(C(F)(F)F)c2)cc1I. The molecule has 0 atom stereocenters. The van der Waals surface area contributed by atoms with Crippen LogP contribution in [-0.4, -0.2) is 12.1 Å². The summed E-state index contributed by atoms with van der Waals surface area (Å²) in [6, 6.07) is 18.6. The summed E-state index contributed by atoms with van der Waals surface area (Å²) in [6.07, 6.45) is -3.15. The molecule has 3 rings (SSSR count). The van der Waals surface area contributed by atoms with Crippen molar-refractivity contribution < 1.29 is 22.7 Å². The second kappa shape index (κ2) is 10.3. The van der Waals surface area contributed by atoms with Gasteiger partial charge in [0, 0.05) is 11.1 Å². The first kappa shape index (κ1) is 23.3. The molecule has 0 spiro atoms. The summed E-state index contributed by atoms with van der Waals surface area (Å²) in [4.78, 5) is 12.1. The molecule has 1 amide bonds. The summed E-state index contributed by atoms with van der Waals surface area (Å²) in [5, 5.41) is 13.0. The summed E-state index contributed by atoms with van der Waals surface area (Å²) < 4.78 is 44.9. The zero-order valence-corrected chi connectivity index (χ0v) is 18.5. The van der Waals surface area contributed by atoms with Gasteiger partial charge < -0.3 is 4.74 Å². The van der Waals surface area contributed by atoms with Gasteiger partial charge in [-0.1, -0.05) is 24.3 Å². The molecule has 1 N–H and O–H groups in total. The van der Waals surface area contributed by atoms with Crippen molar-refractivity contribution in [2.24, 2.45) is 5.10 Å². The summed E-state index contributed by atoms with van der Waals surface area (Å²) in [5.41, 5.74) is 3.14. The Kier molecular flexibility index (Phi) is 7.48. The third-order valence-corrected chi connectivity index (χ3v) is 5.15. The maximum atomic E-state index is 12.8. The minimum absolute atomic E-state index is 0.145. The van der Waals surface area contributed by atoms with E-state index in [1.54, 1.807) is 30.3 Å². The number of rotatable bonds is 6. The second-order valence-electron chi connectivity index (χ2n) is 6.53. The number of nitrogens with one attached hydrogen (secondary N) is 1. The Hall–Kier alpha value is -3.39. The number of hydrazone groups is 1. The Morgan fingerprint density at radius 3 is 2.62 bits per heavy atom. The van der Waals surface area contributed by atoms with E-state index in [4.69, 9.17) is 10.00 Å². The van der Waals surface area contributed by atoms with Crippen LogP contribution in [0.25, 0.3) is 0 Å². The van der Waals surface area contributed by atoms with Crippen LogP contribution in [-0.2, 0) is 12.8 Å². The molecule has 5 nitrogen and oxygen atoms in total. The third kappa shape index (κ3) is 6.07. The molecule has 0 aliphatic carbocycles. The third-order valence-electron chi connectivity index (χ3n) is 4.31. The molecule has 9 heteroatoms. The van der Waals surface area contributed by atoms with Crippen LogP contribution in [0.5, 0.6) is 5.75 Å². The van der Waals surface area contributed by atoms with Gasteiger partial charge in [-0.15, -0.1) is 0 Å². The molecule has 0 heterocycles. The molecule has 0 aliphatic rings. The van der Waals surface area contributed by atoms with Gasteiger partial charge in [-0.3, -0.25) is 4.79 Å². The molecular weight excluding hydrogens is 534 g/mol. The molecule has 32 heavy (non-hydrogen) atoms. The molecule has 3 aromatic carbocycles. The van der Waals surface area contributed by atoms with E-state index in [9.17, 15) is 18.0 Å². The van der Waals surface area contributed by atoms with Gasteiger partial charge in [0.25, 0.3) is 5.91 Å². The monoisotopic (exact) mass is 549 g/mol. The van der Waals surface area contributed by atoms with Gasteiger partial charge >= 0.3 is 6.18 Å². The van der Waals surface area contributed by atoms with E-state index in [1.807, 2.05) is 12.1 Å². The van der Waals surface area contributed by atoms with Crippen molar-refractivity contribution >= 4 is 34.7 Å². The van der Waals surface area contributed by atoms with E-state index in [0.717, 1.165) is 27.3 Å². The molecule has 0 unspecified atom stereocenters. The number of nitrogens with zero attached hydrogens (tertiary/aromatic N) is 2. The van der Waals surface area contributed by atoms with Crippen molar-refractivity contribution in [3.63, 3.8) is 0 Å². The van der Waals surface area contributed by atoms with Crippen LogP contribution in [0.2, 0.25) is 0 Å². The molecule has 0 aliphatic heterocycles. The summed E-state index contributed by atoms with van der Waals surface area (Å²) in [6.45, 7) is 0.236. The van der Waals surface area contributed by atoms with Gasteiger partial charge in [-0.25, -0.2) is 5.43 Å². The Bertz CT molecular complexity index is 1200. The van der Waals surface area contributed by atoms with Gasteiger partial charge in [0.1, 0.15) is 12.4 Å². The van der Waals surface area contributed by atoms with E-state index in [2.05, 4.69) is 39.2 Å². The topological polar surface area (TPSA) is 74.5 Å². The van der Waals surface area contributed by atoms with Crippen molar-refractivity contribution in [3.8, 4) is 11.8 Å². The predicted molar refractivity (Wildman–Crippen MR) is 121 cm³/mol. The van der Waals surface area contributed by atoms with Crippen LogP contribution in [0.15, 0.2) is 71.8 Å². The fraction of sp³-hybridized carbons (Fsp3) is 0.0870. The van der Waals surface area contributed by atoms with Crippen LogP contribution in [0.4, 0.5) is 13.2 Å². The highest BCUT2D eigenvalue weighted by molar-refractivity contribution is 14.1. The number of halogens is 4. The predicted octanol–water partition coefficient (Wildman–Crippen LogP) is 5.52. The van der Waals surface area contributed by atoms with Gasteiger partial charge in [0.2, 0.25) is 0 Å². The van der Waals surface area contributed by atoms with Crippen molar-refractivity contribution in [3.05, 3.63) is 98.1 Å². The first-order chi connectivity index (χ1) is 15.3. The van der Waals surface area contributed by atoms with E-state index >= 15 is 0 Å². The zero-order valence-electron chi connectivity index (χ0n) is 16.4. The van der Waals surface area contributed by atoms with Gasteiger partial charge in [0.05, 0.1) is 27.0 Å². The highest BCUT2D eigenvalue weighted by Crippen LogP contribution is 2.29. The lowest BCUT2D eigenvalue weighted by Crippen LogP contribution is -2.18. The number of ether oxygens (including phenoxy) is 1. The van der Waals surface area contributed by atoms with E-state index in [0.29, 0.717) is 16.9 Å². The van der Waals surface area contributed by atoms with E-state index < -0.39 is 17.6 Å². The first-order valence-electron chi connectivity index (χ1n) is 9.19. The molecule has 0 saturated heterocycles. The number of carbonyl (C=O) groups excluding carboxylic acids is 1. The number of alkyl halides is 3. The fourth-order valence-electron chi connectivity index (χ4n) is 2.69. The largest absolute Gasteiger partial charge is 0.488 e. The highest BCUT2D eigenvalue weighted by atomic mass is 127. The van der Waals surface area contributed by atoms with Crippen LogP contribution in [0.3, 0.4) is 0 Å². The molecule has 0 saturated carbocycles. The van der Waals surface area contributed by atoms with Crippen LogP contribution in [0, 0.1) is 14.9 Å². The maximum absolute atomic E-state index is 12.8. The average Bonchev–Trinajstić information content (AvgIpc) is 2.78. The van der Waals surface area contributed by atoms with Gasteiger partial charge in [-0.2, -0.15) is 23.5 Å². The van der Waals surface area contributed by atoms with Crippen molar-refractivity contribution in [1.29, 1.82) is 5.26 Å². The van der Waals surface area contributed by atoms with Crippen LogP contribution < -0.4 is 10.2 Å². The van der Waals surface area contributed by atoms with Crippen LogP contribution >= 0.6 is 22.6 Å². The van der Waals surface area contributed by atoms with E-state index in [-0.39, 0.29) is 12.2 Å². The molecule has 0 radical (unpaired) electrons. The number of hydrogen-bond donors (Lipinski definition) is 1. The Labute approximate surface area is 195 Å². The molecule has 0 bridgehead atoms. The number of hydrogen-bond acceptors (Lipinski definition) is 4. The number of benzene rings is 3.